The largest absolute Gasteiger partial charge is 0.508 e. The van der Waals surface area contributed by atoms with Gasteiger partial charge in [-0.25, -0.2) is 0 Å². The van der Waals surface area contributed by atoms with Crippen molar-refractivity contribution in [3.8, 4) is 5.75 Å². The van der Waals surface area contributed by atoms with Crippen LogP contribution in [0.15, 0.2) is 24.3 Å². The molecule has 0 aromatic heterocycles. The van der Waals surface area contributed by atoms with Crippen LogP contribution in [0.1, 0.15) is 26.3 Å². The van der Waals surface area contributed by atoms with Gasteiger partial charge in [0.2, 0.25) is 0 Å². The second-order valence-corrected chi connectivity index (χ2v) is 4.79. The van der Waals surface area contributed by atoms with Gasteiger partial charge in [-0.1, -0.05) is 39.0 Å². The fourth-order valence-electron chi connectivity index (χ4n) is 1.23. The monoisotopic (exact) mass is 193 g/mol. The molecule has 1 aromatic rings. The molecular formula is C12H19NO. The van der Waals surface area contributed by atoms with Crippen molar-refractivity contribution in [2.45, 2.75) is 27.3 Å². The zero-order valence-corrected chi connectivity index (χ0v) is 9.17. The van der Waals surface area contributed by atoms with Crippen molar-refractivity contribution in [3.63, 3.8) is 0 Å². The minimum atomic E-state index is 0.282. The molecule has 0 aliphatic carbocycles. The van der Waals surface area contributed by atoms with E-state index in [1.807, 2.05) is 18.2 Å². The molecule has 2 heteroatoms. The number of phenolic OH excluding ortho intramolecular Hbond substituents is 1. The number of rotatable bonds is 3. The lowest BCUT2D eigenvalue weighted by molar-refractivity contribution is 0.376. The lowest BCUT2D eigenvalue weighted by atomic mass is 9.97. The predicted molar refractivity (Wildman–Crippen MR) is 59.3 cm³/mol. The van der Waals surface area contributed by atoms with Crippen LogP contribution in [0.2, 0.25) is 0 Å². The first kappa shape index (κ1) is 11.1. The standard InChI is InChI=1S/C12H19NO/c1-12(2,3)9-13-8-10-6-4-5-7-11(10)14/h4-7,13-14H,8-9H2,1-3H3. The molecule has 0 bridgehead atoms. The number of benzene rings is 1. The molecule has 0 amide bonds. The van der Waals surface area contributed by atoms with Gasteiger partial charge in [0.1, 0.15) is 5.75 Å². The Bertz CT molecular complexity index is 289. The highest BCUT2D eigenvalue weighted by molar-refractivity contribution is 5.31. The fourth-order valence-corrected chi connectivity index (χ4v) is 1.23. The zero-order valence-electron chi connectivity index (χ0n) is 9.17. The number of aromatic hydroxyl groups is 1. The van der Waals surface area contributed by atoms with Gasteiger partial charge in [0.05, 0.1) is 0 Å². The van der Waals surface area contributed by atoms with Crippen molar-refractivity contribution in [2.75, 3.05) is 6.54 Å². The van der Waals surface area contributed by atoms with Gasteiger partial charge in [0.25, 0.3) is 0 Å². The predicted octanol–water partition coefficient (Wildman–Crippen LogP) is 2.53. The molecule has 0 radical (unpaired) electrons. The average Bonchev–Trinajstić information content (AvgIpc) is 2.06. The SMILES string of the molecule is CC(C)(C)CNCc1ccccc1O. The van der Waals surface area contributed by atoms with Crippen LogP contribution < -0.4 is 5.32 Å². The molecule has 1 rings (SSSR count). The normalized spacial score (nSPS) is 11.6. The number of nitrogens with one attached hydrogen (secondary N) is 1. The van der Waals surface area contributed by atoms with Crippen molar-refractivity contribution in [1.29, 1.82) is 0 Å². The minimum Gasteiger partial charge on any atom is -0.508 e. The second-order valence-electron chi connectivity index (χ2n) is 4.79. The van der Waals surface area contributed by atoms with E-state index in [1.54, 1.807) is 6.07 Å². The summed E-state index contributed by atoms with van der Waals surface area (Å²) in [7, 11) is 0. The second kappa shape index (κ2) is 4.47. The molecule has 78 valence electrons. The van der Waals surface area contributed by atoms with E-state index >= 15 is 0 Å². The van der Waals surface area contributed by atoms with Crippen LogP contribution in [0.25, 0.3) is 0 Å². The van der Waals surface area contributed by atoms with Crippen LogP contribution >= 0.6 is 0 Å². The molecular weight excluding hydrogens is 174 g/mol. The zero-order chi connectivity index (χ0) is 10.6. The van der Waals surface area contributed by atoms with Crippen molar-refractivity contribution >= 4 is 0 Å². The Balaban J connectivity index is 2.43. The number of hydrogen-bond acceptors (Lipinski definition) is 2. The van der Waals surface area contributed by atoms with Gasteiger partial charge >= 0.3 is 0 Å². The Morgan fingerprint density at radius 3 is 2.43 bits per heavy atom. The van der Waals surface area contributed by atoms with Gasteiger partial charge in [-0.3, -0.25) is 0 Å². The highest BCUT2D eigenvalue weighted by Gasteiger charge is 2.09. The van der Waals surface area contributed by atoms with E-state index in [-0.39, 0.29) is 5.41 Å². The summed E-state index contributed by atoms with van der Waals surface area (Å²) in [6.07, 6.45) is 0. The fraction of sp³-hybridized carbons (Fsp3) is 0.500. The molecule has 0 spiro atoms. The van der Waals surface area contributed by atoms with E-state index in [2.05, 4.69) is 26.1 Å². The summed E-state index contributed by atoms with van der Waals surface area (Å²) in [6, 6.07) is 7.43. The van der Waals surface area contributed by atoms with Gasteiger partial charge < -0.3 is 10.4 Å². The van der Waals surface area contributed by atoms with E-state index in [0.29, 0.717) is 5.75 Å². The van der Waals surface area contributed by atoms with E-state index in [9.17, 15) is 5.11 Å². The topological polar surface area (TPSA) is 32.3 Å². The van der Waals surface area contributed by atoms with Crippen molar-refractivity contribution < 1.29 is 5.11 Å². The summed E-state index contributed by atoms with van der Waals surface area (Å²) in [6.45, 7) is 8.23. The minimum absolute atomic E-state index is 0.282. The van der Waals surface area contributed by atoms with E-state index in [0.717, 1.165) is 18.7 Å². The summed E-state index contributed by atoms with van der Waals surface area (Å²) in [5.41, 5.74) is 1.24. The summed E-state index contributed by atoms with van der Waals surface area (Å²) in [5, 5.41) is 12.8. The van der Waals surface area contributed by atoms with Crippen LogP contribution in [0.5, 0.6) is 5.75 Å². The first-order chi connectivity index (χ1) is 6.49. The Kier molecular flexibility index (Phi) is 3.53. The first-order valence-electron chi connectivity index (χ1n) is 4.97. The number of hydrogen-bond donors (Lipinski definition) is 2. The van der Waals surface area contributed by atoms with Crippen molar-refractivity contribution in [1.82, 2.24) is 5.32 Å². The third kappa shape index (κ3) is 3.79. The Labute approximate surface area is 86.0 Å². The lowest BCUT2D eigenvalue weighted by Crippen LogP contribution is -2.26. The molecule has 2 nitrogen and oxygen atoms in total. The van der Waals surface area contributed by atoms with E-state index in [4.69, 9.17) is 0 Å². The molecule has 1 aromatic carbocycles. The van der Waals surface area contributed by atoms with Crippen molar-refractivity contribution in [3.05, 3.63) is 29.8 Å². The van der Waals surface area contributed by atoms with Gasteiger partial charge in [-0.2, -0.15) is 0 Å². The molecule has 0 heterocycles. The quantitative estimate of drug-likeness (QED) is 0.773. The van der Waals surface area contributed by atoms with Crippen LogP contribution in [-0.4, -0.2) is 11.7 Å². The molecule has 0 aliphatic heterocycles. The Morgan fingerprint density at radius 1 is 1.21 bits per heavy atom. The molecule has 2 N–H and O–H groups in total. The smallest absolute Gasteiger partial charge is 0.120 e. The summed E-state index contributed by atoms with van der Waals surface area (Å²) >= 11 is 0. The first-order valence-corrected chi connectivity index (χ1v) is 4.97. The molecule has 0 aliphatic rings. The molecule has 0 unspecified atom stereocenters. The lowest BCUT2D eigenvalue weighted by Gasteiger charge is -2.18. The summed E-state index contributed by atoms with van der Waals surface area (Å²) in [5.74, 6) is 0.369. The summed E-state index contributed by atoms with van der Waals surface area (Å²) < 4.78 is 0. The molecule has 0 atom stereocenters. The van der Waals surface area contributed by atoms with Gasteiger partial charge in [0.15, 0.2) is 0 Å². The maximum Gasteiger partial charge on any atom is 0.120 e. The van der Waals surface area contributed by atoms with Gasteiger partial charge in [-0.05, 0) is 11.5 Å². The average molecular weight is 193 g/mol. The maximum absolute atomic E-state index is 9.50. The Hall–Kier alpha value is -1.02. The third-order valence-electron chi connectivity index (χ3n) is 1.96. The van der Waals surface area contributed by atoms with Gasteiger partial charge in [-0.15, -0.1) is 0 Å². The van der Waals surface area contributed by atoms with Crippen LogP contribution in [0.3, 0.4) is 0 Å². The highest BCUT2D eigenvalue weighted by atomic mass is 16.3. The highest BCUT2D eigenvalue weighted by Crippen LogP contribution is 2.16. The van der Waals surface area contributed by atoms with Crippen LogP contribution in [-0.2, 0) is 6.54 Å². The van der Waals surface area contributed by atoms with Gasteiger partial charge in [0, 0.05) is 18.7 Å². The molecule has 0 saturated heterocycles. The van der Waals surface area contributed by atoms with Crippen LogP contribution in [0.4, 0.5) is 0 Å². The summed E-state index contributed by atoms with van der Waals surface area (Å²) in [4.78, 5) is 0. The number of phenols is 1. The Morgan fingerprint density at radius 2 is 1.86 bits per heavy atom. The molecule has 0 saturated carbocycles. The maximum atomic E-state index is 9.50. The van der Waals surface area contributed by atoms with Crippen molar-refractivity contribution in [2.24, 2.45) is 5.41 Å². The third-order valence-corrected chi connectivity index (χ3v) is 1.96. The molecule has 14 heavy (non-hydrogen) atoms. The number of para-hydroxylation sites is 1. The molecule has 0 fully saturated rings. The van der Waals surface area contributed by atoms with E-state index < -0.39 is 0 Å². The van der Waals surface area contributed by atoms with E-state index in [1.165, 1.54) is 0 Å². The van der Waals surface area contributed by atoms with Crippen LogP contribution in [0, 0.1) is 5.41 Å².